The summed E-state index contributed by atoms with van der Waals surface area (Å²) in [5.74, 6) is -0.303. The average molecular weight is 336 g/mol. The first-order valence-corrected chi connectivity index (χ1v) is 8.97. The SMILES string of the molecule is O=C1c2ccccc2C(=O)N1CCCCCNCCc1ccccc1. The van der Waals surface area contributed by atoms with Crippen LogP contribution in [0, 0.1) is 0 Å². The number of hydrogen-bond donors (Lipinski definition) is 1. The normalized spacial score (nSPS) is 13.4. The Balaban J connectivity index is 1.29. The van der Waals surface area contributed by atoms with Gasteiger partial charge in [-0.05, 0) is 50.0 Å². The predicted octanol–water partition coefficient (Wildman–Crippen LogP) is 3.29. The zero-order valence-electron chi connectivity index (χ0n) is 14.4. The average Bonchev–Trinajstić information content (AvgIpc) is 2.90. The number of nitrogens with zero attached hydrogens (tertiary/aromatic N) is 1. The van der Waals surface area contributed by atoms with E-state index in [0.29, 0.717) is 17.7 Å². The van der Waals surface area contributed by atoms with Crippen molar-refractivity contribution in [2.75, 3.05) is 19.6 Å². The van der Waals surface area contributed by atoms with E-state index in [0.717, 1.165) is 38.8 Å². The van der Waals surface area contributed by atoms with Crippen LogP contribution in [0.15, 0.2) is 54.6 Å². The molecule has 1 aliphatic rings. The van der Waals surface area contributed by atoms with Gasteiger partial charge in [0.05, 0.1) is 11.1 Å². The minimum Gasteiger partial charge on any atom is -0.316 e. The molecule has 0 radical (unpaired) electrons. The van der Waals surface area contributed by atoms with Gasteiger partial charge in [-0.3, -0.25) is 14.5 Å². The number of amides is 2. The summed E-state index contributed by atoms with van der Waals surface area (Å²) in [7, 11) is 0. The lowest BCUT2D eigenvalue weighted by Gasteiger charge is -2.13. The Morgan fingerprint density at radius 3 is 2.04 bits per heavy atom. The second kappa shape index (κ2) is 8.58. The maximum atomic E-state index is 12.2. The number of nitrogens with one attached hydrogen (secondary N) is 1. The van der Waals surface area contributed by atoms with Gasteiger partial charge in [-0.2, -0.15) is 0 Å². The van der Waals surface area contributed by atoms with E-state index in [1.54, 1.807) is 24.3 Å². The number of carbonyl (C=O) groups is 2. The number of hydrogen-bond acceptors (Lipinski definition) is 3. The molecule has 3 rings (SSSR count). The molecular weight excluding hydrogens is 312 g/mol. The maximum Gasteiger partial charge on any atom is 0.261 e. The van der Waals surface area contributed by atoms with Crippen molar-refractivity contribution in [2.45, 2.75) is 25.7 Å². The fraction of sp³-hybridized carbons (Fsp3) is 0.333. The van der Waals surface area contributed by atoms with Gasteiger partial charge < -0.3 is 5.32 Å². The Morgan fingerprint density at radius 1 is 0.720 bits per heavy atom. The number of benzene rings is 2. The highest BCUT2D eigenvalue weighted by molar-refractivity contribution is 6.21. The van der Waals surface area contributed by atoms with Gasteiger partial charge in [-0.25, -0.2) is 0 Å². The number of fused-ring (bicyclic) bond motifs is 1. The molecular formula is C21H24N2O2. The van der Waals surface area contributed by atoms with Crippen LogP contribution < -0.4 is 5.32 Å². The minimum absolute atomic E-state index is 0.151. The first-order chi connectivity index (χ1) is 12.3. The number of unbranched alkanes of at least 4 members (excludes halogenated alkanes) is 2. The third-order valence-electron chi connectivity index (χ3n) is 4.55. The molecule has 2 aromatic rings. The Bertz CT molecular complexity index is 693. The highest BCUT2D eigenvalue weighted by Gasteiger charge is 2.34. The molecule has 4 nitrogen and oxygen atoms in total. The Kier molecular flexibility index (Phi) is 5.96. The van der Waals surface area contributed by atoms with Crippen LogP contribution in [-0.2, 0) is 6.42 Å². The summed E-state index contributed by atoms with van der Waals surface area (Å²) in [5, 5.41) is 3.45. The van der Waals surface area contributed by atoms with Crippen LogP contribution >= 0.6 is 0 Å². The summed E-state index contributed by atoms with van der Waals surface area (Å²) in [6.07, 6.45) is 3.95. The first-order valence-electron chi connectivity index (χ1n) is 8.97. The molecule has 0 unspecified atom stereocenters. The van der Waals surface area contributed by atoms with Crippen LogP contribution in [0.5, 0.6) is 0 Å². The van der Waals surface area contributed by atoms with Crippen LogP contribution in [0.3, 0.4) is 0 Å². The molecule has 4 heteroatoms. The smallest absolute Gasteiger partial charge is 0.261 e. The third-order valence-corrected chi connectivity index (χ3v) is 4.55. The van der Waals surface area contributed by atoms with Crippen LogP contribution in [0.4, 0.5) is 0 Å². The van der Waals surface area contributed by atoms with Gasteiger partial charge in [-0.1, -0.05) is 48.9 Å². The van der Waals surface area contributed by atoms with E-state index < -0.39 is 0 Å². The van der Waals surface area contributed by atoms with Crippen molar-refractivity contribution >= 4 is 11.8 Å². The zero-order valence-corrected chi connectivity index (χ0v) is 14.4. The van der Waals surface area contributed by atoms with Crippen molar-refractivity contribution in [1.29, 1.82) is 0 Å². The topological polar surface area (TPSA) is 49.4 Å². The lowest BCUT2D eigenvalue weighted by atomic mass is 10.1. The van der Waals surface area contributed by atoms with Crippen molar-refractivity contribution in [1.82, 2.24) is 10.2 Å². The highest BCUT2D eigenvalue weighted by Crippen LogP contribution is 2.22. The molecule has 0 aliphatic carbocycles. The van der Waals surface area contributed by atoms with Crippen molar-refractivity contribution < 1.29 is 9.59 Å². The summed E-state index contributed by atoms with van der Waals surface area (Å²) < 4.78 is 0. The molecule has 0 saturated heterocycles. The van der Waals surface area contributed by atoms with Crippen LogP contribution in [0.1, 0.15) is 45.5 Å². The largest absolute Gasteiger partial charge is 0.316 e. The van der Waals surface area contributed by atoms with Gasteiger partial charge in [0.1, 0.15) is 0 Å². The molecule has 2 amide bonds. The molecule has 130 valence electrons. The van der Waals surface area contributed by atoms with E-state index in [2.05, 4.69) is 29.6 Å². The maximum absolute atomic E-state index is 12.2. The number of carbonyl (C=O) groups excluding carboxylic acids is 2. The molecule has 1 aliphatic heterocycles. The van der Waals surface area contributed by atoms with Crippen molar-refractivity contribution in [2.24, 2.45) is 0 Å². The van der Waals surface area contributed by atoms with Crippen molar-refractivity contribution in [3.05, 3.63) is 71.3 Å². The van der Waals surface area contributed by atoms with Gasteiger partial charge in [0.15, 0.2) is 0 Å². The predicted molar refractivity (Wildman–Crippen MR) is 98.7 cm³/mol. The van der Waals surface area contributed by atoms with Gasteiger partial charge in [0.25, 0.3) is 11.8 Å². The molecule has 0 fully saturated rings. The van der Waals surface area contributed by atoms with E-state index in [4.69, 9.17) is 0 Å². The molecule has 0 spiro atoms. The van der Waals surface area contributed by atoms with Gasteiger partial charge in [0.2, 0.25) is 0 Å². The summed E-state index contributed by atoms with van der Waals surface area (Å²) in [4.78, 5) is 25.9. The van der Waals surface area contributed by atoms with Crippen LogP contribution in [-0.4, -0.2) is 36.3 Å². The molecule has 0 bridgehead atoms. The second-order valence-corrected chi connectivity index (χ2v) is 6.35. The van der Waals surface area contributed by atoms with E-state index >= 15 is 0 Å². The zero-order chi connectivity index (χ0) is 17.5. The standard InChI is InChI=1S/C21H24N2O2/c24-20-18-11-5-6-12-19(18)21(25)23(20)16-8-2-7-14-22-15-13-17-9-3-1-4-10-17/h1,3-6,9-12,22H,2,7-8,13-16H2. The number of rotatable bonds is 9. The van der Waals surface area contributed by atoms with Gasteiger partial charge >= 0.3 is 0 Å². The highest BCUT2D eigenvalue weighted by atomic mass is 16.2. The minimum atomic E-state index is -0.151. The van der Waals surface area contributed by atoms with E-state index in [-0.39, 0.29) is 11.8 Å². The van der Waals surface area contributed by atoms with Gasteiger partial charge in [0, 0.05) is 6.54 Å². The quantitative estimate of drug-likeness (QED) is 0.565. The summed E-state index contributed by atoms with van der Waals surface area (Å²) in [5.41, 5.74) is 2.42. The lowest BCUT2D eigenvalue weighted by Crippen LogP contribution is -2.30. The fourth-order valence-electron chi connectivity index (χ4n) is 3.14. The molecule has 2 aromatic carbocycles. The summed E-state index contributed by atoms with van der Waals surface area (Å²) >= 11 is 0. The Morgan fingerprint density at radius 2 is 1.36 bits per heavy atom. The second-order valence-electron chi connectivity index (χ2n) is 6.35. The number of imide groups is 1. The van der Waals surface area contributed by atoms with Crippen LogP contribution in [0.25, 0.3) is 0 Å². The molecule has 0 atom stereocenters. The monoisotopic (exact) mass is 336 g/mol. The molecule has 0 aromatic heterocycles. The van der Waals surface area contributed by atoms with E-state index in [1.807, 2.05) is 6.07 Å². The molecule has 0 saturated carbocycles. The van der Waals surface area contributed by atoms with E-state index in [9.17, 15) is 9.59 Å². The molecule has 1 N–H and O–H groups in total. The molecule has 25 heavy (non-hydrogen) atoms. The fourth-order valence-corrected chi connectivity index (χ4v) is 3.14. The summed E-state index contributed by atoms with van der Waals surface area (Å²) in [6.45, 7) is 2.45. The summed E-state index contributed by atoms with van der Waals surface area (Å²) in [6, 6.07) is 17.5. The van der Waals surface area contributed by atoms with Gasteiger partial charge in [-0.15, -0.1) is 0 Å². The first kappa shape index (κ1) is 17.4. The van der Waals surface area contributed by atoms with Crippen molar-refractivity contribution in [3.63, 3.8) is 0 Å². The third kappa shape index (κ3) is 4.34. The lowest BCUT2D eigenvalue weighted by molar-refractivity contribution is 0.0651. The Hall–Kier alpha value is -2.46. The van der Waals surface area contributed by atoms with Crippen molar-refractivity contribution in [3.8, 4) is 0 Å². The Labute approximate surface area is 148 Å². The van der Waals surface area contributed by atoms with Crippen LogP contribution in [0.2, 0.25) is 0 Å². The molecule has 1 heterocycles. The van der Waals surface area contributed by atoms with E-state index in [1.165, 1.54) is 10.5 Å².